The third kappa shape index (κ3) is 2.16. The van der Waals surface area contributed by atoms with Crippen molar-refractivity contribution < 1.29 is 13.2 Å². The van der Waals surface area contributed by atoms with E-state index >= 15 is 0 Å². The number of fused-ring (bicyclic) bond motifs is 1. The van der Waals surface area contributed by atoms with Crippen molar-refractivity contribution >= 4 is 9.84 Å². The number of rotatable bonds is 2. The van der Waals surface area contributed by atoms with Gasteiger partial charge in [-0.05, 0) is 11.6 Å². The van der Waals surface area contributed by atoms with Gasteiger partial charge in [0, 0.05) is 13.1 Å². The molecule has 0 spiro atoms. The normalized spacial score (nSPS) is 27.0. The Bertz CT molecular complexity index is 538. The molecule has 2 aliphatic rings. The predicted octanol–water partition coefficient (Wildman–Crippen LogP) is 0.352. The van der Waals surface area contributed by atoms with E-state index in [2.05, 4.69) is 5.43 Å². The Labute approximate surface area is 107 Å². The van der Waals surface area contributed by atoms with Crippen molar-refractivity contribution in [3.05, 3.63) is 29.8 Å². The van der Waals surface area contributed by atoms with Gasteiger partial charge >= 0.3 is 0 Å². The van der Waals surface area contributed by atoms with Crippen molar-refractivity contribution in [1.82, 2.24) is 10.4 Å². The number of hydrazine groups is 1. The van der Waals surface area contributed by atoms with Gasteiger partial charge in [-0.25, -0.2) is 18.9 Å². The molecule has 5 nitrogen and oxygen atoms in total. The Kier molecular flexibility index (Phi) is 3.11. The molecule has 6 heteroatoms. The van der Waals surface area contributed by atoms with Crippen LogP contribution in [0.3, 0.4) is 0 Å². The quantitative estimate of drug-likeness (QED) is 0.839. The molecule has 18 heavy (non-hydrogen) atoms. The smallest absolute Gasteiger partial charge is 0.180 e. The summed E-state index contributed by atoms with van der Waals surface area (Å²) in [5, 5.41) is 2.05. The highest BCUT2D eigenvalue weighted by molar-refractivity contribution is 7.91. The first-order valence-electron chi connectivity index (χ1n) is 6.07. The molecule has 0 amide bonds. The number of nitrogens with zero attached hydrogens (tertiary/aromatic N) is 1. The van der Waals surface area contributed by atoms with Crippen molar-refractivity contribution in [2.75, 3.05) is 32.1 Å². The fourth-order valence-corrected chi connectivity index (χ4v) is 4.20. The van der Waals surface area contributed by atoms with E-state index in [-0.39, 0.29) is 11.8 Å². The maximum Gasteiger partial charge on any atom is 0.180 e. The van der Waals surface area contributed by atoms with Gasteiger partial charge in [-0.1, -0.05) is 18.2 Å². The molecule has 2 aliphatic heterocycles. The number of nitrogens with one attached hydrogen (secondary N) is 1. The first kappa shape index (κ1) is 12.1. The SMILES string of the molecule is O=S1(=O)CC(NN2CCOCC2)c2ccccc21. The molecule has 0 saturated carbocycles. The fourth-order valence-electron chi connectivity index (χ4n) is 2.47. The molecule has 0 aliphatic carbocycles. The van der Waals surface area contributed by atoms with Crippen molar-refractivity contribution in [3.63, 3.8) is 0 Å². The zero-order valence-electron chi connectivity index (χ0n) is 10.0. The van der Waals surface area contributed by atoms with Gasteiger partial charge in [-0.3, -0.25) is 0 Å². The first-order chi connectivity index (χ1) is 8.67. The lowest BCUT2D eigenvalue weighted by Gasteiger charge is -2.30. The third-order valence-electron chi connectivity index (χ3n) is 3.37. The van der Waals surface area contributed by atoms with E-state index in [9.17, 15) is 8.42 Å². The van der Waals surface area contributed by atoms with Crippen LogP contribution in [0.5, 0.6) is 0 Å². The van der Waals surface area contributed by atoms with Gasteiger partial charge < -0.3 is 4.74 Å². The average molecular weight is 268 g/mol. The van der Waals surface area contributed by atoms with E-state index in [1.807, 2.05) is 17.1 Å². The maximum atomic E-state index is 12.0. The number of hydrogen-bond acceptors (Lipinski definition) is 5. The van der Waals surface area contributed by atoms with Gasteiger partial charge in [0.1, 0.15) is 0 Å². The van der Waals surface area contributed by atoms with Crippen LogP contribution in [-0.4, -0.2) is 45.5 Å². The molecule has 1 N–H and O–H groups in total. The molecule has 1 atom stereocenters. The van der Waals surface area contributed by atoms with Crippen molar-refractivity contribution in [3.8, 4) is 0 Å². The molecule has 1 fully saturated rings. The Hall–Kier alpha value is -0.950. The summed E-state index contributed by atoms with van der Waals surface area (Å²) >= 11 is 0. The molecule has 1 aromatic rings. The van der Waals surface area contributed by atoms with E-state index in [0.717, 1.165) is 18.7 Å². The topological polar surface area (TPSA) is 58.6 Å². The molecule has 1 saturated heterocycles. The Balaban J connectivity index is 1.83. The number of hydrogen-bond donors (Lipinski definition) is 1. The number of morpholine rings is 1. The summed E-state index contributed by atoms with van der Waals surface area (Å²) in [6.45, 7) is 2.96. The molecule has 1 aromatic carbocycles. The monoisotopic (exact) mass is 268 g/mol. The fraction of sp³-hybridized carbons (Fsp3) is 0.500. The Morgan fingerprint density at radius 3 is 2.72 bits per heavy atom. The van der Waals surface area contributed by atoms with Gasteiger partial charge in [0.05, 0.1) is 29.9 Å². The summed E-state index contributed by atoms with van der Waals surface area (Å²) in [6.07, 6.45) is 0. The molecule has 3 rings (SSSR count). The predicted molar refractivity (Wildman–Crippen MR) is 66.8 cm³/mol. The average Bonchev–Trinajstić information content (AvgIpc) is 2.63. The van der Waals surface area contributed by atoms with Gasteiger partial charge in [-0.15, -0.1) is 0 Å². The van der Waals surface area contributed by atoms with E-state index in [4.69, 9.17) is 4.74 Å². The minimum absolute atomic E-state index is 0.135. The molecule has 1 unspecified atom stereocenters. The van der Waals surface area contributed by atoms with Gasteiger partial charge in [0.25, 0.3) is 0 Å². The van der Waals surface area contributed by atoms with Gasteiger partial charge in [0.2, 0.25) is 0 Å². The Morgan fingerprint density at radius 2 is 1.94 bits per heavy atom. The maximum absolute atomic E-state index is 12.0. The highest BCUT2D eigenvalue weighted by Gasteiger charge is 2.35. The summed E-state index contributed by atoms with van der Waals surface area (Å²) in [6, 6.07) is 7.09. The lowest BCUT2D eigenvalue weighted by atomic mass is 10.1. The van der Waals surface area contributed by atoms with Crippen LogP contribution in [0.25, 0.3) is 0 Å². The standard InChI is InChI=1S/C12H16N2O3S/c15-18(16)9-11(10-3-1-2-4-12(10)18)13-14-5-7-17-8-6-14/h1-4,11,13H,5-9H2. The summed E-state index contributed by atoms with van der Waals surface area (Å²) in [4.78, 5) is 0.468. The second-order valence-electron chi connectivity index (χ2n) is 4.60. The minimum Gasteiger partial charge on any atom is -0.379 e. The van der Waals surface area contributed by atoms with Gasteiger partial charge in [-0.2, -0.15) is 0 Å². The zero-order chi connectivity index (χ0) is 12.6. The second kappa shape index (κ2) is 4.62. The lowest BCUT2D eigenvalue weighted by molar-refractivity contribution is 0.00525. The van der Waals surface area contributed by atoms with Crippen LogP contribution in [-0.2, 0) is 14.6 Å². The van der Waals surface area contributed by atoms with E-state index in [0.29, 0.717) is 18.1 Å². The molecule has 0 bridgehead atoms. The van der Waals surface area contributed by atoms with Crippen LogP contribution in [0.2, 0.25) is 0 Å². The summed E-state index contributed by atoms with van der Waals surface area (Å²) in [5.74, 6) is 0.143. The first-order valence-corrected chi connectivity index (χ1v) is 7.72. The van der Waals surface area contributed by atoms with Crippen LogP contribution in [0.15, 0.2) is 29.2 Å². The highest BCUT2D eigenvalue weighted by atomic mass is 32.2. The summed E-state index contributed by atoms with van der Waals surface area (Å²) in [5.41, 5.74) is 4.18. The molecular formula is C12H16N2O3S. The van der Waals surface area contributed by atoms with Crippen LogP contribution < -0.4 is 5.43 Å². The van der Waals surface area contributed by atoms with Crippen LogP contribution in [0.4, 0.5) is 0 Å². The number of benzene rings is 1. The van der Waals surface area contributed by atoms with Crippen LogP contribution >= 0.6 is 0 Å². The van der Waals surface area contributed by atoms with Crippen LogP contribution in [0, 0.1) is 0 Å². The molecule has 2 heterocycles. The summed E-state index contributed by atoms with van der Waals surface area (Å²) in [7, 11) is -3.13. The molecular weight excluding hydrogens is 252 g/mol. The van der Waals surface area contributed by atoms with Crippen molar-refractivity contribution in [2.24, 2.45) is 0 Å². The largest absolute Gasteiger partial charge is 0.379 e. The minimum atomic E-state index is -3.13. The van der Waals surface area contributed by atoms with E-state index in [1.54, 1.807) is 12.1 Å². The second-order valence-corrected chi connectivity index (χ2v) is 6.60. The van der Waals surface area contributed by atoms with Crippen molar-refractivity contribution in [1.29, 1.82) is 0 Å². The Morgan fingerprint density at radius 1 is 1.22 bits per heavy atom. The molecule has 0 aromatic heterocycles. The zero-order valence-corrected chi connectivity index (χ0v) is 10.8. The lowest BCUT2D eigenvalue weighted by Crippen LogP contribution is -2.47. The van der Waals surface area contributed by atoms with E-state index < -0.39 is 9.84 Å². The summed E-state index contributed by atoms with van der Waals surface area (Å²) < 4.78 is 29.3. The number of sulfone groups is 1. The van der Waals surface area contributed by atoms with Crippen molar-refractivity contribution in [2.45, 2.75) is 10.9 Å². The van der Waals surface area contributed by atoms with E-state index in [1.165, 1.54) is 0 Å². The molecule has 98 valence electrons. The van der Waals surface area contributed by atoms with Crippen LogP contribution in [0.1, 0.15) is 11.6 Å². The highest BCUT2D eigenvalue weighted by Crippen LogP contribution is 2.33. The third-order valence-corrected chi connectivity index (χ3v) is 5.18. The number of ether oxygens (including phenoxy) is 1. The molecule has 0 radical (unpaired) electrons. The van der Waals surface area contributed by atoms with Gasteiger partial charge in [0.15, 0.2) is 9.84 Å².